The number of aliphatic hydroxyl groups is 2. The summed E-state index contributed by atoms with van der Waals surface area (Å²) in [6.07, 6.45) is 46.0. The van der Waals surface area contributed by atoms with Crippen molar-refractivity contribution in [2.45, 2.75) is 257 Å². The highest BCUT2D eigenvalue weighted by Crippen LogP contribution is 2.16. The van der Waals surface area contributed by atoms with E-state index in [9.17, 15) is 15.0 Å². The lowest BCUT2D eigenvalue weighted by molar-refractivity contribution is -0.123. The lowest BCUT2D eigenvalue weighted by atomic mass is 10.0. The minimum atomic E-state index is -0.652. The maximum atomic E-state index is 12.4. The average Bonchev–Trinajstić information content (AvgIpc) is 3.06. The summed E-state index contributed by atoms with van der Waals surface area (Å²) in [5.74, 6) is -0.0263. The largest absolute Gasteiger partial charge is 0.394 e. The number of hydrogen-bond acceptors (Lipinski definition) is 3. The van der Waals surface area contributed by atoms with E-state index in [1.807, 2.05) is 0 Å². The van der Waals surface area contributed by atoms with Crippen LogP contribution in [0.1, 0.15) is 245 Å². The Morgan fingerprint density at radius 2 is 0.696 bits per heavy atom. The molecule has 0 unspecified atom stereocenters. The Kier molecular flexibility index (Phi) is 38.3. The third-order valence-electron chi connectivity index (χ3n) is 10.1. The summed E-state index contributed by atoms with van der Waals surface area (Å²) in [5, 5.41) is 23.1. The molecular formula is C42H85NO3. The van der Waals surface area contributed by atoms with Gasteiger partial charge >= 0.3 is 0 Å². The number of hydrogen-bond donors (Lipinski definition) is 3. The van der Waals surface area contributed by atoms with Gasteiger partial charge in [-0.25, -0.2) is 0 Å². The third kappa shape index (κ3) is 34.7. The van der Waals surface area contributed by atoms with Gasteiger partial charge in [-0.1, -0.05) is 226 Å². The molecule has 276 valence electrons. The Bertz CT molecular complexity index is 583. The van der Waals surface area contributed by atoms with Gasteiger partial charge in [0.15, 0.2) is 0 Å². The van der Waals surface area contributed by atoms with Crippen molar-refractivity contribution in [2.75, 3.05) is 6.61 Å². The minimum absolute atomic E-state index is 0.0263. The molecule has 0 aromatic rings. The van der Waals surface area contributed by atoms with Crippen LogP contribution in [0.15, 0.2) is 0 Å². The lowest BCUT2D eigenvalue weighted by Crippen LogP contribution is -2.45. The molecule has 2 atom stereocenters. The molecule has 0 bridgehead atoms. The highest BCUT2D eigenvalue weighted by Gasteiger charge is 2.20. The molecule has 0 heterocycles. The molecule has 3 N–H and O–H groups in total. The first-order valence-electron chi connectivity index (χ1n) is 21.2. The molecule has 0 saturated carbocycles. The molecule has 0 aliphatic carbocycles. The van der Waals surface area contributed by atoms with Crippen molar-refractivity contribution in [2.24, 2.45) is 0 Å². The molecule has 1 amide bonds. The fourth-order valence-electron chi connectivity index (χ4n) is 6.83. The fourth-order valence-corrected chi connectivity index (χ4v) is 6.83. The van der Waals surface area contributed by atoms with Crippen molar-refractivity contribution in [3.63, 3.8) is 0 Å². The van der Waals surface area contributed by atoms with Crippen molar-refractivity contribution in [1.29, 1.82) is 0 Å². The predicted octanol–water partition coefficient (Wildman–Crippen LogP) is 12.9. The highest BCUT2D eigenvalue weighted by atomic mass is 16.3. The molecule has 0 aliphatic rings. The lowest BCUT2D eigenvalue weighted by Gasteiger charge is -2.22. The van der Waals surface area contributed by atoms with Gasteiger partial charge in [-0.3, -0.25) is 4.79 Å². The van der Waals surface area contributed by atoms with Crippen LogP contribution in [0.25, 0.3) is 0 Å². The summed E-state index contributed by atoms with van der Waals surface area (Å²) < 4.78 is 0. The molecule has 0 radical (unpaired) electrons. The Hall–Kier alpha value is -0.610. The molecule has 0 spiro atoms. The normalized spacial score (nSPS) is 12.9. The Morgan fingerprint density at radius 3 is 0.978 bits per heavy atom. The molecular weight excluding hydrogens is 566 g/mol. The third-order valence-corrected chi connectivity index (χ3v) is 10.1. The maximum absolute atomic E-state index is 12.4. The molecule has 0 saturated heterocycles. The Labute approximate surface area is 289 Å². The van der Waals surface area contributed by atoms with Gasteiger partial charge in [0, 0.05) is 6.42 Å². The summed E-state index contributed by atoms with van der Waals surface area (Å²) >= 11 is 0. The standard InChI is InChI=1S/C42H85NO3/c1-3-5-7-9-11-13-15-17-19-20-21-22-24-26-28-30-32-34-36-38-42(46)43-40(39-44)41(45)37-35-33-31-29-27-25-23-18-16-14-12-10-8-6-4-2/h40-41,44-45H,3-39H2,1-2H3,(H,43,46)/t40-,41+/m0/s1. The Balaban J connectivity index is 3.47. The molecule has 0 aliphatic heterocycles. The number of aliphatic hydroxyl groups excluding tert-OH is 2. The van der Waals surface area contributed by atoms with Gasteiger partial charge < -0.3 is 15.5 Å². The van der Waals surface area contributed by atoms with Crippen molar-refractivity contribution in [3.8, 4) is 0 Å². The molecule has 4 heteroatoms. The van der Waals surface area contributed by atoms with Crippen molar-refractivity contribution >= 4 is 5.91 Å². The van der Waals surface area contributed by atoms with E-state index in [0.717, 1.165) is 25.7 Å². The van der Waals surface area contributed by atoms with Crippen molar-refractivity contribution in [3.05, 3.63) is 0 Å². The van der Waals surface area contributed by atoms with E-state index < -0.39 is 12.1 Å². The van der Waals surface area contributed by atoms with Gasteiger partial charge in [0.05, 0.1) is 18.8 Å². The van der Waals surface area contributed by atoms with Crippen molar-refractivity contribution < 1.29 is 15.0 Å². The van der Waals surface area contributed by atoms with E-state index in [-0.39, 0.29) is 12.5 Å². The van der Waals surface area contributed by atoms with Crippen LogP contribution in [0.4, 0.5) is 0 Å². The molecule has 46 heavy (non-hydrogen) atoms. The molecule has 0 aromatic carbocycles. The molecule has 0 fully saturated rings. The first-order valence-corrected chi connectivity index (χ1v) is 21.2. The van der Waals surface area contributed by atoms with Crippen LogP contribution in [0, 0.1) is 0 Å². The van der Waals surface area contributed by atoms with Gasteiger partial charge in [-0.2, -0.15) is 0 Å². The van der Waals surface area contributed by atoms with E-state index in [1.165, 1.54) is 193 Å². The van der Waals surface area contributed by atoms with Crippen LogP contribution < -0.4 is 5.32 Å². The molecule has 0 aromatic heterocycles. The summed E-state index contributed by atoms with van der Waals surface area (Å²) in [4.78, 5) is 12.4. The minimum Gasteiger partial charge on any atom is -0.394 e. The highest BCUT2D eigenvalue weighted by molar-refractivity contribution is 5.76. The zero-order valence-corrected chi connectivity index (χ0v) is 31.6. The van der Waals surface area contributed by atoms with Gasteiger partial charge in [-0.05, 0) is 12.8 Å². The number of carbonyl (C=O) groups excluding carboxylic acids is 1. The predicted molar refractivity (Wildman–Crippen MR) is 203 cm³/mol. The van der Waals surface area contributed by atoms with Gasteiger partial charge in [-0.15, -0.1) is 0 Å². The maximum Gasteiger partial charge on any atom is 0.220 e. The van der Waals surface area contributed by atoms with Crippen LogP contribution in [0.5, 0.6) is 0 Å². The van der Waals surface area contributed by atoms with Crippen LogP contribution in [0.2, 0.25) is 0 Å². The fraction of sp³-hybridized carbons (Fsp3) is 0.976. The van der Waals surface area contributed by atoms with Crippen molar-refractivity contribution in [1.82, 2.24) is 5.32 Å². The first-order chi connectivity index (χ1) is 22.7. The van der Waals surface area contributed by atoms with Crippen LogP contribution in [-0.4, -0.2) is 34.9 Å². The molecule has 0 rings (SSSR count). The number of amides is 1. The SMILES string of the molecule is CCCCCCCCCCCCCCCCCCCCCC(=O)N[C@@H](CO)[C@H](O)CCCCCCCCCCCCCCCCC. The summed E-state index contributed by atoms with van der Waals surface area (Å²) in [5.41, 5.74) is 0. The summed E-state index contributed by atoms with van der Waals surface area (Å²) in [6.45, 7) is 4.38. The van der Waals surface area contributed by atoms with E-state index in [4.69, 9.17) is 0 Å². The van der Waals surface area contributed by atoms with E-state index in [0.29, 0.717) is 12.8 Å². The monoisotopic (exact) mass is 652 g/mol. The first kappa shape index (κ1) is 45.4. The number of nitrogens with one attached hydrogen (secondary N) is 1. The van der Waals surface area contributed by atoms with Gasteiger partial charge in [0.25, 0.3) is 0 Å². The topological polar surface area (TPSA) is 69.6 Å². The van der Waals surface area contributed by atoms with Crippen LogP contribution >= 0.6 is 0 Å². The smallest absolute Gasteiger partial charge is 0.220 e. The zero-order valence-electron chi connectivity index (χ0n) is 31.6. The number of rotatable bonds is 39. The number of unbranched alkanes of at least 4 members (excludes halogenated alkanes) is 32. The number of carbonyl (C=O) groups is 1. The van der Waals surface area contributed by atoms with Crippen LogP contribution in [-0.2, 0) is 4.79 Å². The average molecular weight is 652 g/mol. The Morgan fingerprint density at radius 1 is 0.435 bits per heavy atom. The van der Waals surface area contributed by atoms with E-state index in [1.54, 1.807) is 0 Å². The second-order valence-electron chi connectivity index (χ2n) is 14.8. The van der Waals surface area contributed by atoms with Crippen LogP contribution in [0.3, 0.4) is 0 Å². The quantitative estimate of drug-likeness (QED) is 0.0579. The molecule has 4 nitrogen and oxygen atoms in total. The second-order valence-corrected chi connectivity index (χ2v) is 14.8. The van der Waals surface area contributed by atoms with E-state index in [2.05, 4.69) is 19.2 Å². The van der Waals surface area contributed by atoms with Gasteiger partial charge in [0.1, 0.15) is 0 Å². The summed E-state index contributed by atoms with van der Waals surface area (Å²) in [7, 11) is 0. The van der Waals surface area contributed by atoms with Gasteiger partial charge in [0.2, 0.25) is 5.91 Å². The second kappa shape index (κ2) is 38.8. The summed E-state index contributed by atoms with van der Waals surface area (Å²) in [6, 6.07) is -0.528. The van der Waals surface area contributed by atoms with E-state index >= 15 is 0 Å². The zero-order chi connectivity index (χ0) is 33.6.